The number of amides is 1. The van der Waals surface area contributed by atoms with E-state index in [4.69, 9.17) is 11.5 Å². The van der Waals surface area contributed by atoms with Crippen LogP contribution in [0.25, 0.3) is 12.2 Å². The van der Waals surface area contributed by atoms with Crippen LogP contribution in [0.3, 0.4) is 0 Å². The number of carbonyl (C=O) groups excluding carboxylic acids is 1. The second-order valence-corrected chi connectivity index (χ2v) is 5.51. The van der Waals surface area contributed by atoms with E-state index in [1.807, 2.05) is 24.3 Å². The molecule has 1 aromatic carbocycles. The number of aliphatic imine (C=N–C) groups is 1. The standard InChI is InChI=1S/C16H13N3OS/c17-16(18)19-15(20)13-7-12-6-5-10-3-1-2-4-11(10)8-14(12)21-9-13/h1-9H,(H4,17,18,19,20). The van der Waals surface area contributed by atoms with E-state index in [2.05, 4.69) is 23.2 Å². The highest BCUT2D eigenvalue weighted by atomic mass is 32.2. The molecule has 0 saturated heterocycles. The number of fused-ring (bicyclic) bond motifs is 2. The van der Waals surface area contributed by atoms with E-state index in [0.29, 0.717) is 5.57 Å². The topological polar surface area (TPSA) is 81.5 Å². The maximum Gasteiger partial charge on any atom is 0.280 e. The van der Waals surface area contributed by atoms with Crippen LogP contribution in [0.2, 0.25) is 0 Å². The zero-order valence-electron chi connectivity index (χ0n) is 11.1. The number of guanidine groups is 1. The van der Waals surface area contributed by atoms with Crippen LogP contribution in [-0.2, 0) is 4.79 Å². The molecule has 1 aliphatic carbocycles. The Bertz CT molecular complexity index is 765. The van der Waals surface area contributed by atoms with Crippen LogP contribution >= 0.6 is 11.8 Å². The van der Waals surface area contributed by atoms with E-state index in [9.17, 15) is 4.79 Å². The summed E-state index contributed by atoms with van der Waals surface area (Å²) in [5.74, 6) is -0.654. The van der Waals surface area contributed by atoms with E-state index in [0.717, 1.165) is 21.6 Å². The molecule has 0 spiro atoms. The Labute approximate surface area is 126 Å². The smallest absolute Gasteiger partial charge is 0.280 e. The highest BCUT2D eigenvalue weighted by Gasteiger charge is 2.17. The lowest BCUT2D eigenvalue weighted by atomic mass is 10.1. The van der Waals surface area contributed by atoms with Gasteiger partial charge in [0.05, 0.1) is 0 Å². The summed E-state index contributed by atoms with van der Waals surface area (Å²) in [4.78, 5) is 16.5. The van der Waals surface area contributed by atoms with Gasteiger partial charge in [-0.2, -0.15) is 4.99 Å². The monoisotopic (exact) mass is 295 g/mol. The van der Waals surface area contributed by atoms with Crippen LogP contribution in [0.5, 0.6) is 0 Å². The van der Waals surface area contributed by atoms with Crippen molar-refractivity contribution in [3.8, 4) is 0 Å². The van der Waals surface area contributed by atoms with Crippen molar-refractivity contribution in [3.05, 3.63) is 69.0 Å². The van der Waals surface area contributed by atoms with Crippen molar-refractivity contribution in [1.82, 2.24) is 0 Å². The highest BCUT2D eigenvalue weighted by molar-refractivity contribution is 8.06. The molecular formula is C16H13N3OS. The van der Waals surface area contributed by atoms with Gasteiger partial charge in [-0.05, 0) is 34.3 Å². The molecule has 2 aliphatic rings. The summed E-state index contributed by atoms with van der Waals surface area (Å²) >= 11 is 1.50. The molecule has 5 heteroatoms. The van der Waals surface area contributed by atoms with Crippen LogP contribution in [0.15, 0.2) is 62.9 Å². The average Bonchev–Trinajstić information content (AvgIpc) is 2.64. The summed E-state index contributed by atoms with van der Waals surface area (Å²) in [6.45, 7) is 0. The van der Waals surface area contributed by atoms with Gasteiger partial charge < -0.3 is 11.5 Å². The normalized spacial score (nSPS) is 15.7. The maximum atomic E-state index is 11.9. The number of carbonyl (C=O) groups is 1. The summed E-state index contributed by atoms with van der Waals surface area (Å²) in [6, 6.07) is 8.14. The van der Waals surface area contributed by atoms with E-state index in [1.54, 1.807) is 11.5 Å². The van der Waals surface area contributed by atoms with Gasteiger partial charge in [0.1, 0.15) is 0 Å². The molecule has 0 aromatic heterocycles. The Morgan fingerprint density at radius 1 is 1.05 bits per heavy atom. The maximum absolute atomic E-state index is 11.9. The first-order valence-corrected chi connectivity index (χ1v) is 7.23. The van der Waals surface area contributed by atoms with Crippen molar-refractivity contribution >= 4 is 35.8 Å². The third-order valence-electron chi connectivity index (χ3n) is 3.11. The molecule has 1 aromatic rings. The Hall–Kier alpha value is -2.53. The van der Waals surface area contributed by atoms with Crippen molar-refractivity contribution in [2.75, 3.05) is 0 Å². The number of nitrogens with zero attached hydrogens (tertiary/aromatic N) is 1. The van der Waals surface area contributed by atoms with Gasteiger partial charge in [-0.15, -0.1) is 0 Å². The minimum atomic E-state index is -0.427. The first kappa shape index (κ1) is 13.5. The number of thioether (sulfide) groups is 1. The molecule has 104 valence electrons. The molecule has 0 radical (unpaired) electrons. The Balaban J connectivity index is 1.98. The Morgan fingerprint density at radius 2 is 1.81 bits per heavy atom. The molecule has 1 amide bonds. The first-order valence-electron chi connectivity index (χ1n) is 6.35. The third-order valence-corrected chi connectivity index (χ3v) is 4.09. The number of hydrogen-bond acceptors (Lipinski definition) is 2. The van der Waals surface area contributed by atoms with Crippen LogP contribution in [0, 0.1) is 0 Å². The van der Waals surface area contributed by atoms with Crippen LogP contribution < -0.4 is 11.5 Å². The lowest BCUT2D eigenvalue weighted by Gasteiger charge is -2.11. The molecular weight excluding hydrogens is 282 g/mol. The molecule has 0 fully saturated rings. The fourth-order valence-electron chi connectivity index (χ4n) is 2.12. The lowest BCUT2D eigenvalue weighted by Crippen LogP contribution is -2.24. The summed E-state index contributed by atoms with van der Waals surface area (Å²) < 4.78 is 0. The van der Waals surface area contributed by atoms with Gasteiger partial charge in [0.15, 0.2) is 5.96 Å². The van der Waals surface area contributed by atoms with Gasteiger partial charge >= 0.3 is 0 Å². The minimum absolute atomic E-state index is 0.227. The van der Waals surface area contributed by atoms with Gasteiger partial charge in [0, 0.05) is 10.5 Å². The van der Waals surface area contributed by atoms with Crippen molar-refractivity contribution in [2.24, 2.45) is 16.5 Å². The van der Waals surface area contributed by atoms with Crippen molar-refractivity contribution < 1.29 is 4.79 Å². The largest absolute Gasteiger partial charge is 0.370 e. The molecule has 0 unspecified atom stereocenters. The predicted octanol–water partition coefficient (Wildman–Crippen LogP) is 2.41. The first-order chi connectivity index (χ1) is 10.1. The quantitative estimate of drug-likeness (QED) is 0.616. The predicted molar refractivity (Wildman–Crippen MR) is 88.0 cm³/mol. The molecule has 0 atom stereocenters. The van der Waals surface area contributed by atoms with Crippen molar-refractivity contribution in [1.29, 1.82) is 0 Å². The Morgan fingerprint density at radius 3 is 2.57 bits per heavy atom. The van der Waals surface area contributed by atoms with Gasteiger partial charge in [0.25, 0.3) is 5.91 Å². The second kappa shape index (κ2) is 5.46. The SMILES string of the molecule is NC(N)=NC(=O)C1=CSC2=Cc3ccccc3C=CC2=C1. The summed E-state index contributed by atoms with van der Waals surface area (Å²) in [5.41, 5.74) is 14.3. The van der Waals surface area contributed by atoms with Gasteiger partial charge in [-0.1, -0.05) is 48.2 Å². The zero-order chi connectivity index (χ0) is 14.8. The number of nitrogens with two attached hydrogens (primary N) is 2. The molecule has 4 N–H and O–H groups in total. The Kier molecular flexibility index (Phi) is 3.50. The second-order valence-electron chi connectivity index (χ2n) is 4.60. The molecule has 1 heterocycles. The summed E-state index contributed by atoms with van der Waals surface area (Å²) in [7, 11) is 0. The fraction of sp³-hybridized carbons (Fsp3) is 0. The van der Waals surface area contributed by atoms with E-state index < -0.39 is 5.91 Å². The lowest BCUT2D eigenvalue weighted by molar-refractivity contribution is -0.114. The third kappa shape index (κ3) is 2.83. The van der Waals surface area contributed by atoms with Crippen molar-refractivity contribution in [3.63, 3.8) is 0 Å². The average molecular weight is 295 g/mol. The fourth-order valence-corrected chi connectivity index (χ4v) is 3.01. The van der Waals surface area contributed by atoms with E-state index >= 15 is 0 Å². The van der Waals surface area contributed by atoms with Gasteiger partial charge in [0.2, 0.25) is 0 Å². The van der Waals surface area contributed by atoms with E-state index in [-0.39, 0.29) is 5.96 Å². The summed E-state index contributed by atoms with van der Waals surface area (Å²) in [6.07, 6.45) is 7.96. The molecule has 4 nitrogen and oxygen atoms in total. The van der Waals surface area contributed by atoms with Crippen LogP contribution in [0.1, 0.15) is 11.1 Å². The molecule has 1 aliphatic heterocycles. The molecule has 0 saturated carbocycles. The minimum Gasteiger partial charge on any atom is -0.370 e. The summed E-state index contributed by atoms with van der Waals surface area (Å²) in [5, 5.41) is 1.77. The highest BCUT2D eigenvalue weighted by Crippen LogP contribution is 2.37. The number of hydrogen-bond donors (Lipinski definition) is 2. The van der Waals surface area contributed by atoms with Crippen molar-refractivity contribution in [2.45, 2.75) is 0 Å². The van der Waals surface area contributed by atoms with E-state index in [1.165, 1.54) is 11.8 Å². The van der Waals surface area contributed by atoms with Gasteiger partial charge in [-0.3, -0.25) is 4.79 Å². The number of benzene rings is 1. The molecule has 21 heavy (non-hydrogen) atoms. The van der Waals surface area contributed by atoms with Gasteiger partial charge in [-0.25, -0.2) is 0 Å². The van der Waals surface area contributed by atoms with Crippen LogP contribution in [-0.4, -0.2) is 11.9 Å². The van der Waals surface area contributed by atoms with Crippen LogP contribution in [0.4, 0.5) is 0 Å². The number of rotatable bonds is 1. The molecule has 3 rings (SSSR count). The zero-order valence-corrected chi connectivity index (χ0v) is 11.9. The molecule has 0 bridgehead atoms. The number of allylic oxidation sites excluding steroid dienone is 2.